The van der Waals surface area contributed by atoms with E-state index < -0.39 is 39.5 Å². The molecular formula is C13H9Cl2F6N3S. The highest BCUT2D eigenvalue weighted by Gasteiger charge is 2.40. The molecule has 0 amide bonds. The van der Waals surface area contributed by atoms with Gasteiger partial charge in [0.15, 0.2) is 5.69 Å². The zero-order valence-electron chi connectivity index (χ0n) is 12.3. The van der Waals surface area contributed by atoms with Crippen LogP contribution in [0.3, 0.4) is 0 Å². The normalized spacial score (nSPS) is 12.7. The molecule has 1 heterocycles. The van der Waals surface area contributed by atoms with Crippen molar-refractivity contribution in [2.75, 3.05) is 11.5 Å². The number of rotatable bonds is 3. The van der Waals surface area contributed by atoms with Crippen LogP contribution in [-0.4, -0.2) is 15.5 Å². The summed E-state index contributed by atoms with van der Waals surface area (Å²) in [7, 11) is 0. The first-order valence-electron chi connectivity index (χ1n) is 6.53. The third-order valence-corrected chi connectivity index (χ3v) is 4.55. The smallest absolute Gasteiger partial charge is 0.383 e. The van der Waals surface area contributed by atoms with Crippen LogP contribution in [0.25, 0.3) is 5.69 Å². The van der Waals surface area contributed by atoms with Gasteiger partial charge in [-0.1, -0.05) is 30.1 Å². The number of hydrogen-bond acceptors (Lipinski definition) is 3. The molecule has 25 heavy (non-hydrogen) atoms. The van der Waals surface area contributed by atoms with Crippen molar-refractivity contribution in [3.05, 3.63) is 33.4 Å². The van der Waals surface area contributed by atoms with E-state index >= 15 is 0 Å². The topological polar surface area (TPSA) is 43.8 Å². The number of benzene rings is 1. The molecule has 2 aromatic rings. The van der Waals surface area contributed by atoms with Gasteiger partial charge < -0.3 is 5.73 Å². The molecule has 0 atom stereocenters. The van der Waals surface area contributed by atoms with E-state index in [1.807, 2.05) is 0 Å². The van der Waals surface area contributed by atoms with E-state index in [1.165, 1.54) is 0 Å². The molecule has 2 N–H and O–H groups in total. The van der Waals surface area contributed by atoms with Gasteiger partial charge in [-0.3, -0.25) is 0 Å². The first kappa shape index (κ1) is 20.1. The molecule has 0 saturated heterocycles. The van der Waals surface area contributed by atoms with Gasteiger partial charge >= 0.3 is 12.4 Å². The van der Waals surface area contributed by atoms with Crippen molar-refractivity contribution >= 4 is 40.8 Å². The molecular weight excluding hydrogens is 415 g/mol. The summed E-state index contributed by atoms with van der Waals surface area (Å²) in [5, 5.41) is 2.32. The average molecular weight is 424 g/mol. The summed E-state index contributed by atoms with van der Waals surface area (Å²) in [5.41, 5.74) is 2.96. The highest BCUT2D eigenvalue weighted by atomic mass is 35.5. The predicted octanol–water partition coefficient (Wildman–Crippen LogP) is 5.91. The third-order valence-electron chi connectivity index (χ3n) is 2.99. The first-order chi connectivity index (χ1) is 11.4. The van der Waals surface area contributed by atoms with Crippen LogP contribution in [0.4, 0.5) is 32.2 Å². The lowest BCUT2D eigenvalue weighted by Crippen LogP contribution is -2.10. The fourth-order valence-corrected chi connectivity index (χ4v) is 3.45. The molecule has 0 unspecified atom stereocenters. The Labute approximate surface area is 152 Å². The van der Waals surface area contributed by atoms with Crippen LogP contribution in [0.1, 0.15) is 18.2 Å². The van der Waals surface area contributed by atoms with Crippen molar-refractivity contribution < 1.29 is 26.3 Å². The Morgan fingerprint density at radius 3 is 2.00 bits per heavy atom. The summed E-state index contributed by atoms with van der Waals surface area (Å²) >= 11 is 12.4. The highest BCUT2D eigenvalue weighted by molar-refractivity contribution is 7.99. The molecule has 0 aliphatic rings. The van der Waals surface area contributed by atoms with Gasteiger partial charge in [-0.2, -0.15) is 31.4 Å². The number of hydrogen-bond donors (Lipinski definition) is 1. The van der Waals surface area contributed by atoms with E-state index in [-0.39, 0.29) is 16.3 Å². The van der Waals surface area contributed by atoms with Crippen molar-refractivity contribution in [3.8, 4) is 5.69 Å². The second-order valence-electron chi connectivity index (χ2n) is 4.69. The minimum atomic E-state index is -4.80. The van der Waals surface area contributed by atoms with E-state index in [0.717, 1.165) is 11.8 Å². The van der Waals surface area contributed by atoms with Crippen LogP contribution in [0.2, 0.25) is 10.0 Å². The van der Waals surface area contributed by atoms with Gasteiger partial charge in [0, 0.05) is 0 Å². The number of nitrogens with two attached hydrogens (primary N) is 1. The number of alkyl halides is 6. The molecule has 0 bridgehead atoms. The lowest BCUT2D eigenvalue weighted by Gasteiger charge is -2.13. The van der Waals surface area contributed by atoms with E-state index in [0.29, 0.717) is 16.8 Å². The van der Waals surface area contributed by atoms with Crippen molar-refractivity contribution in [1.29, 1.82) is 0 Å². The largest absolute Gasteiger partial charge is 0.436 e. The maximum absolute atomic E-state index is 13.1. The molecule has 0 saturated carbocycles. The Balaban J connectivity index is 2.71. The monoisotopic (exact) mass is 423 g/mol. The lowest BCUT2D eigenvalue weighted by molar-refractivity contribution is -0.143. The van der Waals surface area contributed by atoms with E-state index in [9.17, 15) is 26.3 Å². The zero-order chi connectivity index (χ0) is 19.2. The fourth-order valence-electron chi connectivity index (χ4n) is 1.99. The molecule has 0 aliphatic heterocycles. The van der Waals surface area contributed by atoms with Gasteiger partial charge in [0.1, 0.15) is 11.5 Å². The van der Waals surface area contributed by atoms with Crippen molar-refractivity contribution in [3.63, 3.8) is 0 Å². The SMILES string of the molecule is CCSc1c(C(F)(F)F)nn(-c2c(Cl)cc(C(F)(F)F)cc2Cl)c1N. The van der Waals surface area contributed by atoms with Crippen molar-refractivity contribution in [2.24, 2.45) is 0 Å². The molecule has 0 aliphatic carbocycles. The molecule has 12 heteroatoms. The molecule has 1 aromatic heterocycles. The minimum absolute atomic E-state index is 0.271. The van der Waals surface area contributed by atoms with Crippen molar-refractivity contribution in [1.82, 2.24) is 9.78 Å². The molecule has 0 fully saturated rings. The molecule has 2 rings (SSSR count). The Morgan fingerprint density at radius 2 is 1.60 bits per heavy atom. The second-order valence-corrected chi connectivity index (χ2v) is 6.78. The molecule has 0 spiro atoms. The lowest BCUT2D eigenvalue weighted by atomic mass is 10.2. The number of aromatic nitrogens is 2. The van der Waals surface area contributed by atoms with Gasteiger partial charge in [0.05, 0.1) is 20.5 Å². The van der Waals surface area contributed by atoms with Gasteiger partial charge in [-0.05, 0) is 17.9 Å². The van der Waals surface area contributed by atoms with Gasteiger partial charge in [0.2, 0.25) is 0 Å². The number of nitrogen functional groups attached to an aromatic ring is 1. The standard InChI is InChI=1S/C13H9Cl2F6N3S/c1-2-25-9-10(13(19,20)21)23-24(11(9)22)8-6(14)3-5(4-7(8)15)12(16,17)18/h3-4H,2,22H2,1H3. The second kappa shape index (κ2) is 6.81. The average Bonchev–Trinajstić information content (AvgIpc) is 2.75. The number of halogens is 8. The third kappa shape index (κ3) is 3.95. The Hall–Kier alpha value is -1.26. The molecule has 1 aromatic carbocycles. The van der Waals surface area contributed by atoms with E-state index in [2.05, 4.69) is 5.10 Å². The number of thioether (sulfide) groups is 1. The summed E-state index contributed by atoms with van der Waals surface area (Å²) < 4.78 is 78.3. The van der Waals surface area contributed by atoms with Gasteiger partial charge in [-0.15, -0.1) is 11.8 Å². The van der Waals surface area contributed by atoms with Gasteiger partial charge in [0.25, 0.3) is 0 Å². The van der Waals surface area contributed by atoms with Crippen molar-refractivity contribution in [2.45, 2.75) is 24.2 Å². The van der Waals surface area contributed by atoms with E-state index in [1.54, 1.807) is 6.92 Å². The van der Waals surface area contributed by atoms with Crippen LogP contribution in [0, 0.1) is 0 Å². The summed E-state index contributed by atoms with van der Waals surface area (Å²) in [6, 6.07) is 1.09. The molecule has 138 valence electrons. The minimum Gasteiger partial charge on any atom is -0.383 e. The summed E-state index contributed by atoms with van der Waals surface area (Å²) in [4.78, 5) is -0.345. The van der Waals surface area contributed by atoms with E-state index in [4.69, 9.17) is 28.9 Å². The Kier molecular flexibility index (Phi) is 5.46. The quantitative estimate of drug-likeness (QED) is 0.492. The van der Waals surface area contributed by atoms with Crippen LogP contribution < -0.4 is 5.73 Å². The maximum atomic E-state index is 13.1. The van der Waals surface area contributed by atoms with Crippen LogP contribution in [0.15, 0.2) is 17.0 Å². The fraction of sp³-hybridized carbons (Fsp3) is 0.308. The molecule has 3 nitrogen and oxygen atoms in total. The number of nitrogens with zero attached hydrogens (tertiary/aromatic N) is 2. The van der Waals surface area contributed by atoms with Crippen LogP contribution in [0.5, 0.6) is 0 Å². The molecule has 0 radical (unpaired) electrons. The Bertz CT molecular complexity index is 777. The van der Waals surface area contributed by atoms with Crippen LogP contribution >= 0.6 is 35.0 Å². The highest BCUT2D eigenvalue weighted by Crippen LogP contribution is 2.43. The maximum Gasteiger partial charge on any atom is 0.436 e. The zero-order valence-corrected chi connectivity index (χ0v) is 14.6. The van der Waals surface area contributed by atoms with Gasteiger partial charge in [-0.25, -0.2) is 4.68 Å². The first-order valence-corrected chi connectivity index (χ1v) is 8.27. The summed E-state index contributed by atoms with van der Waals surface area (Å²) in [6.07, 6.45) is -9.52. The Morgan fingerprint density at radius 1 is 1.08 bits per heavy atom. The number of anilines is 1. The summed E-state index contributed by atoms with van der Waals surface area (Å²) in [5.74, 6) is -0.143. The van der Waals surface area contributed by atoms with Crippen LogP contribution in [-0.2, 0) is 12.4 Å². The predicted molar refractivity (Wildman–Crippen MR) is 84.4 cm³/mol. The summed E-state index contributed by atoms with van der Waals surface area (Å²) in [6.45, 7) is 1.61.